The molecule has 3 heterocycles. The van der Waals surface area contributed by atoms with Gasteiger partial charge in [0, 0.05) is 28.3 Å². The van der Waals surface area contributed by atoms with Crippen LogP contribution >= 0.6 is 23.8 Å². The summed E-state index contributed by atoms with van der Waals surface area (Å²) in [5, 5.41) is 15.2. The molecule has 0 bridgehead atoms. The molecular formula is C27H25ClN4O2S. The Morgan fingerprint density at radius 1 is 1.06 bits per heavy atom. The lowest BCUT2D eigenvalue weighted by Gasteiger charge is -2.28. The minimum Gasteiger partial charge on any atom is -0.506 e. The number of nitrogens with zero attached hydrogens (tertiary/aromatic N) is 3. The Morgan fingerprint density at radius 3 is 2.51 bits per heavy atom. The van der Waals surface area contributed by atoms with E-state index in [1.165, 1.54) is 0 Å². The third-order valence-electron chi connectivity index (χ3n) is 6.41. The maximum atomic E-state index is 10.8. The lowest BCUT2D eigenvalue weighted by molar-refractivity contribution is 0.414. The zero-order chi connectivity index (χ0) is 24.7. The fourth-order valence-corrected chi connectivity index (χ4v) is 5.34. The number of halogens is 1. The number of pyridine rings is 1. The van der Waals surface area contributed by atoms with Crippen molar-refractivity contribution >= 4 is 34.6 Å². The maximum absolute atomic E-state index is 10.8. The molecule has 8 heteroatoms. The molecule has 0 spiro atoms. The SMILES string of the molecule is COc1ccc(-n2c(C)cc([C@H]3[C@H](c4ccccn4)NC(=S)N3c3cc(Cl)ccc3O)c2C)cc1. The monoisotopic (exact) mass is 504 g/mol. The number of aromatic hydroxyl groups is 1. The van der Waals surface area contributed by atoms with Crippen LogP contribution in [0, 0.1) is 13.8 Å². The molecule has 5 rings (SSSR count). The first kappa shape index (κ1) is 23.2. The zero-order valence-electron chi connectivity index (χ0n) is 19.6. The summed E-state index contributed by atoms with van der Waals surface area (Å²) in [6, 6.07) is 20.5. The van der Waals surface area contributed by atoms with Gasteiger partial charge >= 0.3 is 0 Å². The Bertz CT molecular complexity index is 1390. The van der Waals surface area contributed by atoms with Crippen molar-refractivity contribution in [1.29, 1.82) is 0 Å². The number of anilines is 1. The topological polar surface area (TPSA) is 62.5 Å². The third-order valence-corrected chi connectivity index (χ3v) is 6.96. The lowest BCUT2D eigenvalue weighted by Crippen LogP contribution is -2.29. The van der Waals surface area contributed by atoms with E-state index in [-0.39, 0.29) is 17.8 Å². The molecule has 35 heavy (non-hydrogen) atoms. The molecule has 1 fully saturated rings. The highest BCUT2D eigenvalue weighted by Crippen LogP contribution is 2.46. The lowest BCUT2D eigenvalue weighted by atomic mass is 9.96. The van der Waals surface area contributed by atoms with Gasteiger partial charge in [0.05, 0.1) is 30.6 Å². The molecule has 0 saturated carbocycles. The van der Waals surface area contributed by atoms with Gasteiger partial charge in [-0.1, -0.05) is 17.7 Å². The maximum Gasteiger partial charge on any atom is 0.174 e. The number of aryl methyl sites for hydroxylation is 1. The molecule has 2 aromatic heterocycles. The highest BCUT2D eigenvalue weighted by atomic mass is 35.5. The van der Waals surface area contributed by atoms with E-state index in [0.29, 0.717) is 15.8 Å². The minimum absolute atomic E-state index is 0.106. The zero-order valence-corrected chi connectivity index (χ0v) is 21.1. The van der Waals surface area contributed by atoms with Crippen LogP contribution in [0.5, 0.6) is 11.5 Å². The van der Waals surface area contributed by atoms with Gasteiger partial charge in [-0.05, 0) is 92.3 Å². The number of nitrogens with one attached hydrogen (secondary N) is 1. The average Bonchev–Trinajstić information content (AvgIpc) is 3.36. The largest absolute Gasteiger partial charge is 0.506 e. The quantitative estimate of drug-likeness (QED) is 0.323. The second-order valence-corrected chi connectivity index (χ2v) is 9.31. The molecule has 2 aromatic carbocycles. The Labute approximate surface area is 214 Å². The summed E-state index contributed by atoms with van der Waals surface area (Å²) in [5.41, 5.74) is 5.66. The molecule has 1 saturated heterocycles. The first-order chi connectivity index (χ1) is 16.9. The van der Waals surface area contributed by atoms with E-state index in [0.717, 1.165) is 34.1 Å². The van der Waals surface area contributed by atoms with E-state index in [1.54, 1.807) is 31.5 Å². The molecule has 1 aliphatic rings. The predicted molar refractivity (Wildman–Crippen MR) is 143 cm³/mol. The fraction of sp³-hybridized carbons (Fsp3) is 0.185. The van der Waals surface area contributed by atoms with Crippen LogP contribution in [0.2, 0.25) is 5.02 Å². The Hall–Kier alpha value is -3.55. The number of methoxy groups -OCH3 is 1. The smallest absolute Gasteiger partial charge is 0.174 e. The molecule has 0 radical (unpaired) electrons. The van der Waals surface area contributed by atoms with Gasteiger partial charge in [-0.15, -0.1) is 0 Å². The number of benzene rings is 2. The van der Waals surface area contributed by atoms with Crippen LogP contribution in [0.3, 0.4) is 0 Å². The highest BCUT2D eigenvalue weighted by molar-refractivity contribution is 7.80. The van der Waals surface area contributed by atoms with Gasteiger partial charge in [0.2, 0.25) is 0 Å². The van der Waals surface area contributed by atoms with Crippen molar-refractivity contribution in [1.82, 2.24) is 14.9 Å². The molecular weight excluding hydrogens is 480 g/mol. The number of hydrogen-bond donors (Lipinski definition) is 2. The van der Waals surface area contributed by atoms with E-state index in [4.69, 9.17) is 28.6 Å². The van der Waals surface area contributed by atoms with Crippen LogP contribution in [0.1, 0.15) is 34.7 Å². The fourth-order valence-electron chi connectivity index (χ4n) is 4.84. The Kier molecular flexibility index (Phi) is 6.13. The molecule has 1 aliphatic heterocycles. The minimum atomic E-state index is -0.264. The van der Waals surface area contributed by atoms with Crippen LogP contribution in [0.15, 0.2) is 72.9 Å². The van der Waals surface area contributed by atoms with Gasteiger partial charge in [-0.25, -0.2) is 0 Å². The first-order valence-electron chi connectivity index (χ1n) is 11.2. The van der Waals surface area contributed by atoms with E-state index in [1.807, 2.05) is 47.4 Å². The first-order valence-corrected chi connectivity index (χ1v) is 12.0. The molecule has 0 aliphatic carbocycles. The van der Waals surface area contributed by atoms with E-state index in [9.17, 15) is 5.11 Å². The van der Waals surface area contributed by atoms with Crippen molar-refractivity contribution < 1.29 is 9.84 Å². The number of hydrogen-bond acceptors (Lipinski definition) is 4. The summed E-state index contributed by atoms with van der Waals surface area (Å²) in [4.78, 5) is 6.56. The standard InChI is InChI=1S/C27H25ClN4O2S/c1-16-14-21(17(2)31(16)19-8-10-20(34-3)11-9-19)26-25(22-6-4-5-13-29-22)30-27(35)32(26)23-15-18(28)7-12-24(23)33/h4-15,25-26,33H,1-3H3,(H,30,35)/t25-,26-/m0/s1. The summed E-state index contributed by atoms with van der Waals surface area (Å²) < 4.78 is 7.54. The van der Waals surface area contributed by atoms with Crippen LogP contribution in [-0.2, 0) is 0 Å². The van der Waals surface area contributed by atoms with Crippen LogP contribution < -0.4 is 15.0 Å². The van der Waals surface area contributed by atoms with E-state index < -0.39 is 0 Å². The van der Waals surface area contributed by atoms with Gasteiger partial charge in [-0.2, -0.15) is 0 Å². The molecule has 178 valence electrons. The van der Waals surface area contributed by atoms with E-state index >= 15 is 0 Å². The predicted octanol–water partition coefficient (Wildman–Crippen LogP) is 6.03. The highest BCUT2D eigenvalue weighted by Gasteiger charge is 2.43. The van der Waals surface area contributed by atoms with Crippen LogP contribution in [0.25, 0.3) is 5.69 Å². The number of phenolic OH excluding ortho intramolecular Hbond substituents is 1. The molecule has 2 N–H and O–H groups in total. The number of phenols is 1. The van der Waals surface area contributed by atoms with Crippen molar-refractivity contribution in [2.45, 2.75) is 25.9 Å². The average molecular weight is 505 g/mol. The van der Waals surface area contributed by atoms with Gasteiger partial charge in [0.15, 0.2) is 5.11 Å². The van der Waals surface area contributed by atoms with E-state index in [2.05, 4.69) is 34.8 Å². The number of ether oxygens (including phenoxy) is 1. The summed E-state index contributed by atoms with van der Waals surface area (Å²) in [7, 11) is 1.66. The summed E-state index contributed by atoms with van der Waals surface area (Å²) in [6.45, 7) is 4.18. The summed E-state index contributed by atoms with van der Waals surface area (Å²) in [6.07, 6.45) is 1.78. The number of aromatic nitrogens is 2. The second-order valence-electron chi connectivity index (χ2n) is 8.49. The van der Waals surface area contributed by atoms with Gasteiger partial charge in [0.25, 0.3) is 0 Å². The number of thiocarbonyl (C=S) groups is 1. The Balaban J connectivity index is 1.68. The molecule has 2 atom stereocenters. The van der Waals surface area contributed by atoms with Crippen LogP contribution in [-0.4, -0.2) is 26.9 Å². The Morgan fingerprint density at radius 2 is 1.83 bits per heavy atom. The van der Waals surface area contributed by atoms with Gasteiger partial charge in [0.1, 0.15) is 11.5 Å². The van der Waals surface area contributed by atoms with Crippen molar-refractivity contribution in [3.05, 3.63) is 101 Å². The summed E-state index contributed by atoms with van der Waals surface area (Å²) >= 11 is 12.1. The summed E-state index contributed by atoms with van der Waals surface area (Å²) in [5.74, 6) is 0.911. The van der Waals surface area contributed by atoms with Crippen molar-refractivity contribution in [2.24, 2.45) is 0 Å². The van der Waals surface area contributed by atoms with Gasteiger partial charge < -0.3 is 24.6 Å². The second kappa shape index (κ2) is 9.24. The normalized spacial score (nSPS) is 17.5. The van der Waals surface area contributed by atoms with Crippen molar-refractivity contribution in [2.75, 3.05) is 12.0 Å². The van der Waals surface area contributed by atoms with Gasteiger partial charge in [-0.3, -0.25) is 4.98 Å². The molecule has 0 unspecified atom stereocenters. The molecule has 4 aromatic rings. The van der Waals surface area contributed by atoms with Crippen molar-refractivity contribution in [3.63, 3.8) is 0 Å². The number of rotatable bonds is 5. The van der Waals surface area contributed by atoms with Crippen LogP contribution in [0.4, 0.5) is 5.69 Å². The third kappa shape index (κ3) is 4.11. The van der Waals surface area contributed by atoms with Crippen molar-refractivity contribution in [3.8, 4) is 17.2 Å². The molecule has 0 amide bonds. The molecule has 6 nitrogen and oxygen atoms in total.